The minimum absolute atomic E-state index is 0.217. The lowest BCUT2D eigenvalue weighted by Gasteiger charge is -2.13. The second-order valence-electron chi connectivity index (χ2n) is 8.26. The van der Waals surface area contributed by atoms with Gasteiger partial charge < -0.3 is 14.6 Å². The summed E-state index contributed by atoms with van der Waals surface area (Å²) in [5.74, 6) is -0.299. The summed E-state index contributed by atoms with van der Waals surface area (Å²) in [6.45, 7) is 2.88. The normalized spacial score (nSPS) is 11.8. The van der Waals surface area contributed by atoms with Crippen LogP contribution in [0.2, 0.25) is 10.0 Å². The number of rotatable bonds is 10. The third-order valence-electron chi connectivity index (χ3n) is 5.82. The van der Waals surface area contributed by atoms with Crippen LogP contribution in [-0.4, -0.2) is 34.6 Å². The highest BCUT2D eigenvalue weighted by Gasteiger charge is 2.23. The number of carboxylic acid groups (broad SMARTS) is 1. The lowest BCUT2D eigenvalue weighted by atomic mass is 9.94. The number of methoxy groups -OCH3 is 1. The molecule has 1 N–H and O–H groups in total. The quantitative estimate of drug-likeness (QED) is 0.249. The van der Waals surface area contributed by atoms with E-state index in [0.717, 1.165) is 22.6 Å². The molecule has 0 aliphatic rings. The van der Waals surface area contributed by atoms with Crippen molar-refractivity contribution in [3.63, 3.8) is 0 Å². The second kappa shape index (κ2) is 11.5. The Morgan fingerprint density at radius 3 is 2.44 bits per heavy atom. The van der Waals surface area contributed by atoms with Crippen LogP contribution in [0.5, 0.6) is 11.5 Å². The number of halogens is 2. The summed E-state index contributed by atoms with van der Waals surface area (Å²) in [5, 5.41) is 15.7. The predicted octanol–water partition coefficient (Wildman–Crippen LogP) is 6.72. The van der Waals surface area contributed by atoms with E-state index in [1.165, 1.54) is 0 Å². The van der Waals surface area contributed by atoms with Gasteiger partial charge in [-0.15, -0.1) is 0 Å². The van der Waals surface area contributed by atoms with Crippen LogP contribution >= 0.6 is 23.2 Å². The SMILES string of the molecule is CCOc1cccc(C(Cc2cc(-c3ccc(Cl)c(Cl)c3)n(Cc3ccc(OC)cc3)n2)C(=O)O)c1. The maximum atomic E-state index is 12.2. The van der Waals surface area contributed by atoms with Gasteiger partial charge in [-0.1, -0.05) is 53.5 Å². The van der Waals surface area contributed by atoms with E-state index in [1.54, 1.807) is 37.4 Å². The Hall–Kier alpha value is -3.48. The molecule has 4 aromatic rings. The standard InChI is InChI=1S/C28H26Cl2N2O4/c1-3-36-23-6-4-5-19(13-23)24(28(33)34)15-21-16-27(20-9-12-25(29)26(30)14-20)32(31-21)17-18-7-10-22(35-2)11-8-18/h4-14,16,24H,3,15,17H2,1-2H3,(H,33,34). The average molecular weight is 525 g/mol. The topological polar surface area (TPSA) is 73.6 Å². The molecular weight excluding hydrogens is 499 g/mol. The van der Waals surface area contributed by atoms with Gasteiger partial charge in [0.15, 0.2) is 0 Å². The zero-order chi connectivity index (χ0) is 25.7. The van der Waals surface area contributed by atoms with Gasteiger partial charge in [-0.2, -0.15) is 5.10 Å². The molecular formula is C28H26Cl2N2O4. The van der Waals surface area contributed by atoms with Crippen molar-refractivity contribution in [1.29, 1.82) is 0 Å². The predicted molar refractivity (Wildman–Crippen MR) is 141 cm³/mol. The van der Waals surface area contributed by atoms with Gasteiger partial charge in [-0.05, 0) is 60.5 Å². The van der Waals surface area contributed by atoms with Crippen LogP contribution in [0.3, 0.4) is 0 Å². The molecule has 186 valence electrons. The molecule has 4 rings (SSSR count). The van der Waals surface area contributed by atoms with Crippen molar-refractivity contribution in [3.05, 3.63) is 99.7 Å². The highest BCUT2D eigenvalue weighted by atomic mass is 35.5. The molecule has 0 aliphatic carbocycles. The van der Waals surface area contributed by atoms with Gasteiger partial charge >= 0.3 is 5.97 Å². The summed E-state index contributed by atoms with van der Waals surface area (Å²) in [6, 6.07) is 22.2. The van der Waals surface area contributed by atoms with Gasteiger partial charge in [-0.25, -0.2) is 0 Å². The van der Waals surface area contributed by atoms with Crippen molar-refractivity contribution in [1.82, 2.24) is 9.78 Å². The zero-order valence-corrected chi connectivity index (χ0v) is 21.5. The molecule has 0 saturated heterocycles. The Morgan fingerprint density at radius 1 is 1.00 bits per heavy atom. The number of ether oxygens (including phenoxy) is 2. The van der Waals surface area contributed by atoms with Crippen LogP contribution in [-0.2, 0) is 17.8 Å². The van der Waals surface area contributed by atoms with Crippen LogP contribution in [0.4, 0.5) is 0 Å². The largest absolute Gasteiger partial charge is 0.497 e. The van der Waals surface area contributed by atoms with Crippen LogP contribution in [0.15, 0.2) is 72.8 Å². The summed E-state index contributed by atoms with van der Waals surface area (Å²) < 4.78 is 12.7. The van der Waals surface area contributed by atoms with Crippen molar-refractivity contribution < 1.29 is 19.4 Å². The molecule has 6 nitrogen and oxygen atoms in total. The minimum Gasteiger partial charge on any atom is -0.497 e. The first-order chi connectivity index (χ1) is 17.4. The molecule has 3 aromatic carbocycles. The molecule has 0 radical (unpaired) electrons. The third-order valence-corrected chi connectivity index (χ3v) is 6.56. The van der Waals surface area contributed by atoms with Crippen molar-refractivity contribution in [2.24, 2.45) is 0 Å². The first-order valence-electron chi connectivity index (χ1n) is 11.5. The van der Waals surface area contributed by atoms with Crippen molar-refractivity contribution in [3.8, 4) is 22.8 Å². The number of aromatic nitrogens is 2. The lowest BCUT2D eigenvalue weighted by molar-refractivity contribution is -0.138. The Balaban J connectivity index is 1.71. The molecule has 0 amide bonds. The first kappa shape index (κ1) is 25.6. The van der Waals surface area contributed by atoms with Gasteiger partial charge in [0.1, 0.15) is 11.5 Å². The molecule has 0 spiro atoms. The van der Waals surface area contributed by atoms with Crippen LogP contribution in [0.25, 0.3) is 11.3 Å². The molecule has 0 fully saturated rings. The van der Waals surface area contributed by atoms with Crippen LogP contribution < -0.4 is 9.47 Å². The fourth-order valence-electron chi connectivity index (χ4n) is 4.03. The number of hydrogen-bond acceptors (Lipinski definition) is 4. The molecule has 1 heterocycles. The number of carbonyl (C=O) groups is 1. The van der Waals surface area contributed by atoms with E-state index < -0.39 is 11.9 Å². The zero-order valence-electron chi connectivity index (χ0n) is 19.9. The lowest BCUT2D eigenvalue weighted by Crippen LogP contribution is -2.15. The van der Waals surface area contributed by atoms with Gasteiger partial charge in [0.25, 0.3) is 0 Å². The summed E-state index contributed by atoms with van der Waals surface area (Å²) >= 11 is 12.4. The molecule has 1 unspecified atom stereocenters. The van der Waals surface area contributed by atoms with Gasteiger partial charge in [0.05, 0.1) is 47.6 Å². The van der Waals surface area contributed by atoms with Crippen LogP contribution in [0.1, 0.15) is 29.7 Å². The van der Waals surface area contributed by atoms with Crippen molar-refractivity contribution in [2.45, 2.75) is 25.8 Å². The van der Waals surface area contributed by atoms with Gasteiger partial charge in [0.2, 0.25) is 0 Å². The number of carboxylic acids is 1. The maximum absolute atomic E-state index is 12.2. The molecule has 36 heavy (non-hydrogen) atoms. The number of hydrogen-bond donors (Lipinski definition) is 1. The summed E-state index contributed by atoms with van der Waals surface area (Å²) in [7, 11) is 1.63. The third kappa shape index (κ3) is 6.01. The number of benzene rings is 3. The van der Waals surface area contributed by atoms with Gasteiger partial charge in [-0.3, -0.25) is 9.48 Å². The molecule has 1 aromatic heterocycles. The van der Waals surface area contributed by atoms with Crippen molar-refractivity contribution in [2.75, 3.05) is 13.7 Å². The van der Waals surface area contributed by atoms with Crippen LogP contribution in [0, 0.1) is 0 Å². The Kier molecular flexibility index (Phi) is 8.18. The summed E-state index contributed by atoms with van der Waals surface area (Å²) in [6.07, 6.45) is 0.217. The minimum atomic E-state index is -0.926. The summed E-state index contributed by atoms with van der Waals surface area (Å²) in [4.78, 5) is 12.2. The average Bonchev–Trinajstić information content (AvgIpc) is 3.27. The number of aliphatic carboxylic acids is 1. The second-order valence-corrected chi connectivity index (χ2v) is 9.07. The monoisotopic (exact) mass is 524 g/mol. The van der Waals surface area contributed by atoms with E-state index >= 15 is 0 Å². The summed E-state index contributed by atoms with van der Waals surface area (Å²) in [5.41, 5.74) is 3.98. The Morgan fingerprint density at radius 2 is 1.78 bits per heavy atom. The Labute approximate surface area is 220 Å². The maximum Gasteiger partial charge on any atom is 0.311 e. The van der Waals surface area contributed by atoms with E-state index in [9.17, 15) is 9.90 Å². The van der Waals surface area contributed by atoms with Gasteiger partial charge in [0, 0.05) is 12.0 Å². The fourth-order valence-corrected chi connectivity index (χ4v) is 4.32. The smallest absolute Gasteiger partial charge is 0.311 e. The van der Waals surface area contributed by atoms with E-state index in [0.29, 0.717) is 40.2 Å². The highest BCUT2D eigenvalue weighted by Crippen LogP contribution is 2.31. The van der Waals surface area contributed by atoms with E-state index in [-0.39, 0.29) is 6.42 Å². The molecule has 0 saturated carbocycles. The number of nitrogens with zero attached hydrogens (tertiary/aromatic N) is 2. The molecule has 0 bridgehead atoms. The molecule has 1 atom stereocenters. The van der Waals surface area contributed by atoms with E-state index in [2.05, 4.69) is 0 Å². The fraction of sp³-hybridized carbons (Fsp3) is 0.214. The molecule has 0 aliphatic heterocycles. The van der Waals surface area contributed by atoms with E-state index in [4.69, 9.17) is 37.8 Å². The highest BCUT2D eigenvalue weighted by molar-refractivity contribution is 6.42. The molecule has 8 heteroatoms. The van der Waals surface area contributed by atoms with Crippen molar-refractivity contribution >= 4 is 29.2 Å². The first-order valence-corrected chi connectivity index (χ1v) is 12.2. The Bertz CT molecular complexity index is 1350. The van der Waals surface area contributed by atoms with E-state index in [1.807, 2.05) is 54.1 Å².